The van der Waals surface area contributed by atoms with Crippen LogP contribution in [0, 0.1) is 0 Å². The summed E-state index contributed by atoms with van der Waals surface area (Å²) in [7, 11) is 0. The van der Waals surface area contributed by atoms with Gasteiger partial charge in [-0.15, -0.1) is 11.3 Å². The van der Waals surface area contributed by atoms with E-state index in [4.69, 9.17) is 15.0 Å². The van der Waals surface area contributed by atoms with Crippen molar-refractivity contribution in [3.05, 3.63) is 212 Å². The average Bonchev–Trinajstić information content (AvgIpc) is 4.03. The summed E-state index contributed by atoms with van der Waals surface area (Å²) in [6.07, 6.45) is 0. The van der Waals surface area contributed by atoms with Crippen LogP contribution in [-0.2, 0) is 0 Å². The number of hydrogen-bond donors (Lipinski definition) is 0. The minimum Gasteiger partial charge on any atom is -0.309 e. The molecule has 4 heterocycles. The van der Waals surface area contributed by atoms with Crippen molar-refractivity contribution in [2.45, 2.75) is 0 Å². The third kappa shape index (κ3) is 5.59. The van der Waals surface area contributed by atoms with Gasteiger partial charge < -0.3 is 9.13 Å². The first-order valence-electron chi connectivity index (χ1n) is 21.2. The van der Waals surface area contributed by atoms with Crippen molar-refractivity contribution in [3.8, 4) is 56.7 Å². The highest BCUT2D eigenvalue weighted by molar-refractivity contribution is 7.26. The Morgan fingerprint density at radius 1 is 0.333 bits per heavy atom. The summed E-state index contributed by atoms with van der Waals surface area (Å²) in [5.41, 5.74) is 12.2. The zero-order chi connectivity index (χ0) is 41.4. The smallest absolute Gasteiger partial charge is 0.164 e. The lowest BCUT2D eigenvalue weighted by molar-refractivity contribution is 1.08. The largest absolute Gasteiger partial charge is 0.309 e. The Balaban J connectivity index is 1.07. The first-order valence-corrected chi connectivity index (χ1v) is 22.0. The van der Waals surface area contributed by atoms with E-state index >= 15 is 0 Å². The van der Waals surface area contributed by atoms with E-state index in [-0.39, 0.29) is 0 Å². The van der Waals surface area contributed by atoms with E-state index in [9.17, 15) is 0 Å². The quantitative estimate of drug-likeness (QED) is 0.168. The highest BCUT2D eigenvalue weighted by Crippen LogP contribution is 2.47. The van der Waals surface area contributed by atoms with Gasteiger partial charge >= 0.3 is 0 Å². The summed E-state index contributed by atoms with van der Waals surface area (Å²) < 4.78 is 7.35. The summed E-state index contributed by atoms with van der Waals surface area (Å²) in [6, 6.07) is 75.5. The fraction of sp³-hybridized carbons (Fsp3) is 0. The summed E-state index contributed by atoms with van der Waals surface area (Å²) in [5.74, 6) is 1.93. The standard InChI is InChI=1S/C57H35N5S/c1-5-17-36(18-6-1)55-58-56(37-19-7-2-8-20-37)60-57(59-55)46-28-16-30-49-51(46)45-33-32-44-47-35-38(31-34-50(47)63-54(44)53(45)62(49)40-23-11-4-12-24-40)41-26-15-27-43-42-25-13-14-29-48(42)61(52(41)43)39-21-9-3-10-22-39/h1-35H. The van der Waals surface area contributed by atoms with Crippen molar-refractivity contribution in [2.24, 2.45) is 0 Å². The first kappa shape index (κ1) is 35.6. The summed E-state index contributed by atoms with van der Waals surface area (Å²) in [4.78, 5) is 15.4. The molecule has 4 aromatic heterocycles. The van der Waals surface area contributed by atoms with Crippen molar-refractivity contribution >= 4 is 75.1 Å². The average molecular weight is 822 g/mol. The van der Waals surface area contributed by atoms with Crippen molar-refractivity contribution in [1.29, 1.82) is 0 Å². The van der Waals surface area contributed by atoms with E-state index in [2.05, 4.69) is 185 Å². The topological polar surface area (TPSA) is 48.5 Å². The van der Waals surface area contributed by atoms with E-state index in [1.807, 2.05) is 47.7 Å². The van der Waals surface area contributed by atoms with Gasteiger partial charge in [0.05, 0.1) is 26.8 Å². The number of thiophene rings is 1. The van der Waals surface area contributed by atoms with Crippen molar-refractivity contribution in [2.75, 3.05) is 0 Å². The number of fused-ring (bicyclic) bond motifs is 10. The molecule has 0 unspecified atom stereocenters. The molecule has 5 nitrogen and oxygen atoms in total. The highest BCUT2D eigenvalue weighted by Gasteiger charge is 2.23. The van der Waals surface area contributed by atoms with Gasteiger partial charge in [-0.1, -0.05) is 164 Å². The van der Waals surface area contributed by atoms with Gasteiger partial charge in [0.2, 0.25) is 0 Å². The number of aromatic nitrogens is 5. The van der Waals surface area contributed by atoms with Crippen LogP contribution >= 0.6 is 11.3 Å². The van der Waals surface area contributed by atoms with Gasteiger partial charge in [-0.2, -0.15) is 0 Å². The van der Waals surface area contributed by atoms with Gasteiger partial charge in [0, 0.05) is 70.6 Å². The van der Waals surface area contributed by atoms with Crippen LogP contribution in [0.5, 0.6) is 0 Å². The van der Waals surface area contributed by atoms with Crippen LogP contribution in [0.2, 0.25) is 0 Å². The lowest BCUT2D eigenvalue weighted by atomic mass is 9.99. The fourth-order valence-electron chi connectivity index (χ4n) is 9.60. The van der Waals surface area contributed by atoms with Gasteiger partial charge in [0.1, 0.15) is 0 Å². The predicted octanol–water partition coefficient (Wildman–Crippen LogP) is 15.1. The van der Waals surface area contributed by atoms with Crippen LogP contribution in [0.15, 0.2) is 212 Å². The van der Waals surface area contributed by atoms with Gasteiger partial charge in [0.25, 0.3) is 0 Å². The zero-order valence-electron chi connectivity index (χ0n) is 33.9. The Morgan fingerprint density at radius 2 is 0.873 bits per heavy atom. The molecule has 0 atom stereocenters. The molecule has 0 N–H and O–H groups in total. The van der Waals surface area contributed by atoms with E-state index in [0.29, 0.717) is 17.5 Å². The molecule has 0 amide bonds. The lowest BCUT2D eigenvalue weighted by Gasteiger charge is -2.12. The van der Waals surface area contributed by atoms with E-state index in [0.717, 1.165) is 44.4 Å². The first-order chi connectivity index (χ1) is 31.3. The molecule has 0 saturated heterocycles. The fourth-order valence-corrected chi connectivity index (χ4v) is 10.8. The SMILES string of the molecule is c1ccc(-c2nc(-c3ccccc3)nc(-c3cccc4c3c3ccc5c6cc(-c7cccc8c9ccccc9n(-c9ccccc9)c78)ccc6sc5c3n4-c3ccccc3)n2)cc1. The summed E-state index contributed by atoms with van der Waals surface area (Å²) in [5, 5.41) is 7.25. The molecule has 0 radical (unpaired) electrons. The molecular weight excluding hydrogens is 787 g/mol. The molecule has 0 spiro atoms. The Kier molecular flexibility index (Phi) is 8.01. The Hall–Kier alpha value is -8.19. The van der Waals surface area contributed by atoms with Gasteiger partial charge in [-0.3, -0.25) is 0 Å². The van der Waals surface area contributed by atoms with Crippen molar-refractivity contribution in [3.63, 3.8) is 0 Å². The molecule has 0 aliphatic rings. The van der Waals surface area contributed by atoms with E-state index in [1.165, 1.54) is 58.6 Å². The molecule has 0 fully saturated rings. The van der Waals surface area contributed by atoms with Crippen LogP contribution in [-0.4, -0.2) is 24.1 Å². The van der Waals surface area contributed by atoms with Crippen LogP contribution in [0.1, 0.15) is 0 Å². The highest BCUT2D eigenvalue weighted by atomic mass is 32.1. The second-order valence-corrected chi connectivity index (χ2v) is 17.0. The van der Waals surface area contributed by atoms with E-state index < -0.39 is 0 Å². The van der Waals surface area contributed by atoms with Crippen LogP contribution in [0.25, 0.3) is 120 Å². The number of hydrogen-bond acceptors (Lipinski definition) is 4. The maximum absolute atomic E-state index is 5.20. The third-order valence-corrected chi connectivity index (χ3v) is 13.6. The van der Waals surface area contributed by atoms with Crippen molar-refractivity contribution in [1.82, 2.24) is 24.1 Å². The molecule has 0 aliphatic heterocycles. The monoisotopic (exact) mass is 821 g/mol. The predicted molar refractivity (Wildman–Crippen MR) is 263 cm³/mol. The van der Waals surface area contributed by atoms with Crippen LogP contribution < -0.4 is 0 Å². The summed E-state index contributed by atoms with van der Waals surface area (Å²) in [6.45, 7) is 0. The lowest BCUT2D eigenvalue weighted by Crippen LogP contribution is -2.00. The number of benzene rings is 9. The molecule has 9 aromatic carbocycles. The van der Waals surface area contributed by atoms with Crippen molar-refractivity contribution < 1.29 is 0 Å². The van der Waals surface area contributed by atoms with Crippen LogP contribution in [0.3, 0.4) is 0 Å². The zero-order valence-corrected chi connectivity index (χ0v) is 34.7. The number of nitrogens with zero attached hydrogens (tertiary/aromatic N) is 5. The molecule has 294 valence electrons. The number of rotatable bonds is 6. The minimum atomic E-state index is 0.642. The van der Waals surface area contributed by atoms with Gasteiger partial charge in [-0.25, -0.2) is 15.0 Å². The Morgan fingerprint density at radius 3 is 1.57 bits per heavy atom. The maximum atomic E-state index is 5.20. The van der Waals surface area contributed by atoms with Crippen LogP contribution in [0.4, 0.5) is 0 Å². The molecule has 13 rings (SSSR count). The Labute approximate surface area is 366 Å². The molecule has 0 aliphatic carbocycles. The second kappa shape index (κ2) is 14.2. The normalized spacial score (nSPS) is 11.8. The second-order valence-electron chi connectivity index (χ2n) is 16.0. The minimum absolute atomic E-state index is 0.642. The van der Waals surface area contributed by atoms with E-state index in [1.54, 1.807) is 0 Å². The molecule has 0 saturated carbocycles. The van der Waals surface area contributed by atoms with Gasteiger partial charge in [0.15, 0.2) is 17.5 Å². The molecule has 6 heteroatoms. The third-order valence-electron chi connectivity index (χ3n) is 12.4. The molecule has 63 heavy (non-hydrogen) atoms. The molecule has 13 aromatic rings. The number of para-hydroxylation sites is 4. The molecular formula is C57H35N5S. The summed E-state index contributed by atoms with van der Waals surface area (Å²) >= 11 is 1.86. The Bertz CT molecular complexity index is 3830. The van der Waals surface area contributed by atoms with Gasteiger partial charge in [-0.05, 0) is 54.1 Å². The molecule has 0 bridgehead atoms. The maximum Gasteiger partial charge on any atom is 0.164 e.